The third-order valence-electron chi connectivity index (χ3n) is 3.13. The number of hydrogen-bond donors (Lipinski definition) is 2. The Balaban J connectivity index is 1.72. The summed E-state index contributed by atoms with van der Waals surface area (Å²) < 4.78 is 5.57. The van der Waals surface area contributed by atoms with Crippen molar-refractivity contribution in [2.75, 3.05) is 13.2 Å². The second-order valence-electron chi connectivity index (χ2n) is 5.37. The fourth-order valence-corrected chi connectivity index (χ4v) is 1.88. The maximum Gasteiger partial charge on any atom is 0.119 e. The summed E-state index contributed by atoms with van der Waals surface area (Å²) in [5.41, 5.74) is 1.41. The van der Waals surface area contributed by atoms with Crippen molar-refractivity contribution >= 4 is 0 Å². The van der Waals surface area contributed by atoms with Crippen molar-refractivity contribution in [1.29, 1.82) is 0 Å². The monoisotopic (exact) mass is 249 g/mol. The molecule has 1 saturated carbocycles. The number of benzene rings is 1. The number of ether oxygens (including phenoxy) is 1. The standard InChI is InChI=1S/C15H23NO2/c1-11(2)16-9-14(17)10-18-15-7-5-13(6-8-15)12-3-4-12/h5-8,11-12,14,16-17H,3-4,9-10H2,1-2H3/t14-/m0/s1. The van der Waals surface area contributed by atoms with Crippen molar-refractivity contribution in [3.8, 4) is 5.75 Å². The normalized spacial score (nSPS) is 16.9. The van der Waals surface area contributed by atoms with Crippen LogP contribution in [0.1, 0.15) is 38.2 Å². The minimum Gasteiger partial charge on any atom is -0.491 e. The highest BCUT2D eigenvalue weighted by Crippen LogP contribution is 2.40. The largest absolute Gasteiger partial charge is 0.491 e. The third-order valence-corrected chi connectivity index (χ3v) is 3.13. The Morgan fingerprint density at radius 2 is 1.94 bits per heavy atom. The van der Waals surface area contributed by atoms with Gasteiger partial charge >= 0.3 is 0 Å². The summed E-state index contributed by atoms with van der Waals surface area (Å²) in [4.78, 5) is 0. The lowest BCUT2D eigenvalue weighted by molar-refractivity contribution is 0.104. The van der Waals surface area contributed by atoms with Crippen LogP contribution in [-0.4, -0.2) is 30.4 Å². The van der Waals surface area contributed by atoms with E-state index in [4.69, 9.17) is 4.74 Å². The molecular weight excluding hydrogens is 226 g/mol. The van der Waals surface area contributed by atoms with Crippen molar-refractivity contribution in [2.24, 2.45) is 0 Å². The number of nitrogens with one attached hydrogen (secondary N) is 1. The smallest absolute Gasteiger partial charge is 0.119 e. The van der Waals surface area contributed by atoms with Gasteiger partial charge in [-0.2, -0.15) is 0 Å². The maximum absolute atomic E-state index is 9.72. The minimum absolute atomic E-state index is 0.336. The molecule has 0 unspecified atom stereocenters. The molecule has 1 aromatic carbocycles. The second-order valence-corrected chi connectivity index (χ2v) is 5.37. The van der Waals surface area contributed by atoms with Crippen molar-refractivity contribution in [3.63, 3.8) is 0 Å². The van der Waals surface area contributed by atoms with E-state index < -0.39 is 6.10 Å². The molecule has 1 fully saturated rings. The number of aliphatic hydroxyl groups excluding tert-OH is 1. The molecule has 0 bridgehead atoms. The number of hydrogen-bond acceptors (Lipinski definition) is 3. The van der Waals surface area contributed by atoms with Gasteiger partial charge in [-0.1, -0.05) is 26.0 Å². The van der Waals surface area contributed by atoms with E-state index in [-0.39, 0.29) is 0 Å². The quantitative estimate of drug-likeness (QED) is 0.779. The van der Waals surface area contributed by atoms with Crippen molar-refractivity contribution in [1.82, 2.24) is 5.32 Å². The first-order chi connectivity index (χ1) is 8.65. The molecule has 18 heavy (non-hydrogen) atoms. The van der Waals surface area contributed by atoms with Crippen molar-refractivity contribution in [3.05, 3.63) is 29.8 Å². The number of rotatable bonds is 7. The predicted molar refractivity (Wildman–Crippen MR) is 73.1 cm³/mol. The van der Waals surface area contributed by atoms with Gasteiger partial charge in [0.2, 0.25) is 0 Å². The summed E-state index contributed by atoms with van der Waals surface area (Å²) in [6.07, 6.45) is 2.18. The van der Waals surface area contributed by atoms with Crippen LogP contribution in [0.5, 0.6) is 5.75 Å². The van der Waals surface area contributed by atoms with E-state index >= 15 is 0 Å². The van der Waals surface area contributed by atoms with Crippen LogP contribution in [0.2, 0.25) is 0 Å². The first-order valence-corrected chi connectivity index (χ1v) is 6.79. The third kappa shape index (κ3) is 4.31. The first kappa shape index (κ1) is 13.4. The molecule has 2 rings (SSSR count). The average Bonchev–Trinajstić information content (AvgIpc) is 3.18. The fraction of sp³-hybridized carbons (Fsp3) is 0.600. The summed E-state index contributed by atoms with van der Waals surface area (Å²) in [5.74, 6) is 1.61. The molecule has 3 heteroatoms. The summed E-state index contributed by atoms with van der Waals surface area (Å²) in [6.45, 7) is 5.02. The van der Waals surface area contributed by atoms with Crippen molar-refractivity contribution < 1.29 is 9.84 Å². The molecule has 1 aromatic rings. The Morgan fingerprint density at radius 1 is 1.28 bits per heavy atom. The van der Waals surface area contributed by atoms with E-state index in [9.17, 15) is 5.11 Å². The van der Waals surface area contributed by atoms with Gasteiger partial charge in [0.05, 0.1) is 0 Å². The van der Waals surface area contributed by atoms with Gasteiger partial charge in [-0.15, -0.1) is 0 Å². The van der Waals surface area contributed by atoms with Gasteiger partial charge < -0.3 is 15.2 Å². The lowest BCUT2D eigenvalue weighted by Gasteiger charge is -2.15. The van der Waals surface area contributed by atoms with Crippen molar-refractivity contribution in [2.45, 2.75) is 44.8 Å². The van der Waals surface area contributed by atoms with Gasteiger partial charge in [-0.25, -0.2) is 0 Å². The summed E-state index contributed by atoms with van der Waals surface area (Å²) >= 11 is 0. The van der Waals surface area contributed by atoms with Crippen LogP contribution in [-0.2, 0) is 0 Å². The van der Waals surface area contributed by atoms with Gasteiger partial charge in [-0.3, -0.25) is 0 Å². The van der Waals surface area contributed by atoms with Crippen LogP contribution in [0.4, 0.5) is 0 Å². The average molecular weight is 249 g/mol. The molecule has 3 nitrogen and oxygen atoms in total. The van der Waals surface area contributed by atoms with E-state index in [1.165, 1.54) is 18.4 Å². The highest BCUT2D eigenvalue weighted by Gasteiger charge is 2.22. The zero-order valence-electron chi connectivity index (χ0n) is 11.2. The highest BCUT2D eigenvalue weighted by molar-refractivity contribution is 5.31. The summed E-state index contributed by atoms with van der Waals surface area (Å²) in [7, 11) is 0. The molecule has 0 aliphatic heterocycles. The molecule has 1 aliphatic rings. The lowest BCUT2D eigenvalue weighted by atomic mass is 10.1. The Labute approximate surface area is 109 Å². The van der Waals surface area contributed by atoms with E-state index in [1.807, 2.05) is 12.1 Å². The van der Waals surface area contributed by atoms with E-state index in [0.717, 1.165) is 11.7 Å². The van der Waals surface area contributed by atoms with Crippen LogP contribution in [0.15, 0.2) is 24.3 Å². The van der Waals surface area contributed by atoms with Crippen LogP contribution >= 0.6 is 0 Å². The highest BCUT2D eigenvalue weighted by atomic mass is 16.5. The van der Waals surface area contributed by atoms with Gasteiger partial charge in [0.1, 0.15) is 18.5 Å². The summed E-state index contributed by atoms with van der Waals surface area (Å²) in [5, 5.41) is 12.9. The molecule has 100 valence electrons. The van der Waals surface area contributed by atoms with E-state index in [1.54, 1.807) is 0 Å². The topological polar surface area (TPSA) is 41.5 Å². The van der Waals surface area contributed by atoms with E-state index in [2.05, 4.69) is 31.3 Å². The zero-order valence-corrected chi connectivity index (χ0v) is 11.2. The molecule has 0 heterocycles. The van der Waals surface area contributed by atoms with Crippen LogP contribution in [0, 0.1) is 0 Å². The molecule has 0 saturated heterocycles. The Kier molecular flexibility index (Phi) is 4.61. The Morgan fingerprint density at radius 3 is 2.50 bits per heavy atom. The zero-order chi connectivity index (χ0) is 13.0. The fourth-order valence-electron chi connectivity index (χ4n) is 1.88. The van der Waals surface area contributed by atoms with Gasteiger partial charge in [0, 0.05) is 12.6 Å². The molecule has 1 atom stereocenters. The van der Waals surface area contributed by atoms with Gasteiger partial charge in [0.25, 0.3) is 0 Å². The Bertz CT molecular complexity index is 357. The molecule has 0 aromatic heterocycles. The lowest BCUT2D eigenvalue weighted by Crippen LogP contribution is -2.35. The minimum atomic E-state index is -0.462. The molecule has 0 amide bonds. The SMILES string of the molecule is CC(C)NC[C@H](O)COc1ccc(C2CC2)cc1. The first-order valence-electron chi connectivity index (χ1n) is 6.79. The Hall–Kier alpha value is -1.06. The van der Waals surface area contributed by atoms with Gasteiger partial charge in [-0.05, 0) is 36.5 Å². The van der Waals surface area contributed by atoms with Gasteiger partial charge in [0.15, 0.2) is 0 Å². The molecule has 1 aliphatic carbocycles. The molecular formula is C15H23NO2. The van der Waals surface area contributed by atoms with Crippen LogP contribution in [0.25, 0.3) is 0 Å². The number of aliphatic hydroxyl groups is 1. The molecule has 0 spiro atoms. The molecule has 2 N–H and O–H groups in total. The molecule has 0 radical (unpaired) electrons. The maximum atomic E-state index is 9.72. The second kappa shape index (κ2) is 6.21. The van der Waals surface area contributed by atoms with E-state index in [0.29, 0.717) is 19.2 Å². The predicted octanol–water partition coefficient (Wildman–Crippen LogP) is 2.30. The van der Waals surface area contributed by atoms with Crippen LogP contribution in [0.3, 0.4) is 0 Å². The summed E-state index contributed by atoms with van der Waals surface area (Å²) in [6, 6.07) is 8.64. The van der Waals surface area contributed by atoms with Crippen LogP contribution < -0.4 is 10.1 Å².